The fraction of sp³-hybridized carbons (Fsp3) is 0.231. The summed E-state index contributed by atoms with van der Waals surface area (Å²) in [5.41, 5.74) is 4.09. The van der Waals surface area contributed by atoms with Crippen LogP contribution in [0, 0.1) is 0 Å². The number of rotatable bonds is 0. The highest BCUT2D eigenvalue weighted by Crippen LogP contribution is 2.35. The van der Waals surface area contributed by atoms with E-state index in [4.69, 9.17) is 4.74 Å². The Kier molecular flexibility index (Phi) is 1.69. The van der Waals surface area contributed by atoms with Crippen LogP contribution in [0.25, 0.3) is 5.57 Å². The number of hydrogen-bond acceptors (Lipinski definition) is 1. The van der Waals surface area contributed by atoms with Crippen LogP contribution in [0.3, 0.4) is 0 Å². The first-order valence-corrected chi connectivity index (χ1v) is 5.06. The topological polar surface area (TPSA) is 9.23 Å². The van der Waals surface area contributed by atoms with Crippen molar-refractivity contribution < 1.29 is 4.74 Å². The molecule has 2 aliphatic rings. The van der Waals surface area contributed by atoms with E-state index in [1.807, 2.05) is 0 Å². The van der Waals surface area contributed by atoms with Gasteiger partial charge in [0.05, 0.1) is 0 Å². The molecule has 1 aliphatic heterocycles. The van der Waals surface area contributed by atoms with E-state index in [0.717, 1.165) is 25.2 Å². The van der Waals surface area contributed by atoms with Crippen LogP contribution in [-0.4, -0.2) is 0 Å². The first-order valence-electron chi connectivity index (χ1n) is 5.06. The molecule has 0 bridgehead atoms. The molecule has 0 amide bonds. The molecule has 0 saturated heterocycles. The summed E-state index contributed by atoms with van der Waals surface area (Å²) in [7, 11) is 0. The van der Waals surface area contributed by atoms with Crippen molar-refractivity contribution in [1.82, 2.24) is 0 Å². The zero-order valence-electron chi connectivity index (χ0n) is 7.99. The zero-order chi connectivity index (χ0) is 9.38. The minimum Gasteiger partial charge on any atom is -0.489 e. The summed E-state index contributed by atoms with van der Waals surface area (Å²) in [6.07, 6.45) is 6.54. The Balaban J connectivity index is 2.18. The molecule has 0 radical (unpaired) electrons. The van der Waals surface area contributed by atoms with Gasteiger partial charge >= 0.3 is 0 Å². The second kappa shape index (κ2) is 3.02. The van der Waals surface area contributed by atoms with Crippen molar-refractivity contribution in [3.05, 3.63) is 53.3 Å². The van der Waals surface area contributed by atoms with Crippen LogP contribution in [0.15, 0.2) is 42.2 Å². The molecule has 0 aromatic heterocycles. The van der Waals surface area contributed by atoms with Crippen LogP contribution in [0.5, 0.6) is 0 Å². The fourth-order valence-electron chi connectivity index (χ4n) is 2.14. The van der Waals surface area contributed by atoms with Crippen LogP contribution < -0.4 is 0 Å². The van der Waals surface area contributed by atoms with Crippen LogP contribution in [-0.2, 0) is 11.3 Å². The summed E-state index contributed by atoms with van der Waals surface area (Å²) in [5, 5.41) is 0. The van der Waals surface area contributed by atoms with Crippen molar-refractivity contribution in [2.75, 3.05) is 0 Å². The first kappa shape index (κ1) is 7.86. The Morgan fingerprint density at radius 2 is 2.07 bits per heavy atom. The summed E-state index contributed by atoms with van der Waals surface area (Å²) < 4.78 is 5.70. The Bertz CT molecular complexity index is 427. The van der Waals surface area contributed by atoms with Gasteiger partial charge in [-0.25, -0.2) is 0 Å². The van der Waals surface area contributed by atoms with Gasteiger partial charge in [0, 0.05) is 5.57 Å². The number of allylic oxidation sites excluding steroid dienone is 3. The third kappa shape index (κ3) is 1.09. The van der Waals surface area contributed by atoms with Crippen LogP contribution in [0.1, 0.15) is 24.0 Å². The normalized spacial score (nSPS) is 18.6. The Labute approximate surface area is 83.7 Å². The van der Waals surface area contributed by atoms with Crippen LogP contribution in [0.4, 0.5) is 0 Å². The standard InChI is InChI=1S/C13H12O/c1-2-6-11-10(5-1)9-14-13-8-4-3-7-12(11)13/h1-2,4-6,8H,3,7,9H2. The molecular formula is C13H12O. The second-order valence-corrected chi connectivity index (χ2v) is 3.73. The number of hydrogen-bond donors (Lipinski definition) is 0. The number of benzene rings is 1. The maximum absolute atomic E-state index is 5.70. The van der Waals surface area contributed by atoms with Gasteiger partial charge < -0.3 is 4.74 Å². The van der Waals surface area contributed by atoms with Crippen LogP contribution in [0.2, 0.25) is 0 Å². The van der Waals surface area contributed by atoms with Gasteiger partial charge in [-0.2, -0.15) is 0 Å². The maximum Gasteiger partial charge on any atom is 0.123 e. The zero-order valence-corrected chi connectivity index (χ0v) is 7.99. The number of ether oxygens (including phenoxy) is 1. The lowest BCUT2D eigenvalue weighted by Crippen LogP contribution is -2.08. The highest BCUT2D eigenvalue weighted by molar-refractivity contribution is 5.74. The summed E-state index contributed by atoms with van der Waals surface area (Å²) in [4.78, 5) is 0. The summed E-state index contributed by atoms with van der Waals surface area (Å²) >= 11 is 0. The first-order chi connectivity index (χ1) is 6.95. The molecule has 0 saturated carbocycles. The van der Waals surface area contributed by atoms with Crippen molar-refractivity contribution in [2.45, 2.75) is 19.4 Å². The largest absolute Gasteiger partial charge is 0.489 e. The molecule has 0 spiro atoms. The summed E-state index contributed by atoms with van der Waals surface area (Å²) in [6.45, 7) is 0.722. The molecule has 1 heteroatoms. The van der Waals surface area contributed by atoms with E-state index in [2.05, 4.69) is 36.4 Å². The molecular weight excluding hydrogens is 172 g/mol. The molecule has 0 N–H and O–H groups in total. The molecule has 1 aliphatic carbocycles. The third-order valence-corrected chi connectivity index (χ3v) is 2.85. The predicted octanol–water partition coefficient (Wildman–Crippen LogP) is 3.28. The van der Waals surface area contributed by atoms with Gasteiger partial charge in [0.25, 0.3) is 0 Å². The Morgan fingerprint density at radius 3 is 3.07 bits per heavy atom. The fourth-order valence-corrected chi connectivity index (χ4v) is 2.14. The smallest absolute Gasteiger partial charge is 0.123 e. The van der Waals surface area contributed by atoms with Gasteiger partial charge in [-0.1, -0.05) is 30.3 Å². The molecule has 70 valence electrons. The van der Waals surface area contributed by atoms with Gasteiger partial charge in [-0.15, -0.1) is 0 Å². The summed E-state index contributed by atoms with van der Waals surface area (Å²) in [5.74, 6) is 1.08. The average molecular weight is 184 g/mol. The highest BCUT2D eigenvalue weighted by atomic mass is 16.5. The van der Waals surface area contributed by atoms with E-state index in [0.29, 0.717) is 0 Å². The molecule has 1 nitrogen and oxygen atoms in total. The SMILES string of the molecule is C1=CC2=C(CC1)c1ccccc1CO2. The van der Waals surface area contributed by atoms with E-state index in [1.54, 1.807) is 0 Å². The lowest BCUT2D eigenvalue weighted by atomic mass is 9.91. The van der Waals surface area contributed by atoms with E-state index < -0.39 is 0 Å². The van der Waals surface area contributed by atoms with Crippen LogP contribution >= 0.6 is 0 Å². The van der Waals surface area contributed by atoms with E-state index in [1.165, 1.54) is 16.7 Å². The minimum atomic E-state index is 0.722. The van der Waals surface area contributed by atoms with Crippen molar-refractivity contribution in [3.8, 4) is 0 Å². The van der Waals surface area contributed by atoms with Gasteiger partial charge in [0.1, 0.15) is 12.4 Å². The van der Waals surface area contributed by atoms with Gasteiger partial charge in [0.2, 0.25) is 0 Å². The maximum atomic E-state index is 5.70. The van der Waals surface area contributed by atoms with Crippen molar-refractivity contribution in [1.29, 1.82) is 0 Å². The minimum absolute atomic E-state index is 0.722. The molecule has 1 aromatic carbocycles. The molecule has 3 rings (SSSR count). The summed E-state index contributed by atoms with van der Waals surface area (Å²) in [6, 6.07) is 8.53. The van der Waals surface area contributed by atoms with E-state index >= 15 is 0 Å². The third-order valence-electron chi connectivity index (χ3n) is 2.85. The van der Waals surface area contributed by atoms with E-state index in [9.17, 15) is 0 Å². The lowest BCUT2D eigenvalue weighted by Gasteiger charge is -2.24. The second-order valence-electron chi connectivity index (χ2n) is 3.73. The predicted molar refractivity (Wildman–Crippen MR) is 56.5 cm³/mol. The lowest BCUT2D eigenvalue weighted by molar-refractivity contribution is 0.205. The van der Waals surface area contributed by atoms with Crippen molar-refractivity contribution in [2.24, 2.45) is 0 Å². The number of fused-ring (bicyclic) bond motifs is 2. The Morgan fingerprint density at radius 1 is 1.14 bits per heavy atom. The van der Waals surface area contributed by atoms with E-state index in [-0.39, 0.29) is 0 Å². The molecule has 14 heavy (non-hydrogen) atoms. The van der Waals surface area contributed by atoms with Gasteiger partial charge in [-0.05, 0) is 30.0 Å². The average Bonchev–Trinajstić information content (AvgIpc) is 2.29. The highest BCUT2D eigenvalue weighted by Gasteiger charge is 2.19. The van der Waals surface area contributed by atoms with Gasteiger partial charge in [-0.3, -0.25) is 0 Å². The monoisotopic (exact) mass is 184 g/mol. The molecule has 1 heterocycles. The molecule has 0 fully saturated rings. The molecule has 0 unspecified atom stereocenters. The van der Waals surface area contributed by atoms with Crippen molar-refractivity contribution in [3.63, 3.8) is 0 Å². The molecule has 1 aromatic rings. The van der Waals surface area contributed by atoms with Gasteiger partial charge in [0.15, 0.2) is 0 Å². The van der Waals surface area contributed by atoms with Crippen molar-refractivity contribution >= 4 is 5.57 Å². The molecule has 0 atom stereocenters. The quantitative estimate of drug-likeness (QED) is 0.601. The Hall–Kier alpha value is -1.50.